The van der Waals surface area contributed by atoms with Gasteiger partial charge < -0.3 is 10.4 Å². The van der Waals surface area contributed by atoms with Crippen LogP contribution in [0, 0.1) is 17.1 Å². The zero-order valence-electron chi connectivity index (χ0n) is 12.0. The molecule has 2 N–H and O–H groups in total. The number of carboxylic acid groups (broad SMARTS) is 1. The number of amides is 1. The zero-order chi connectivity index (χ0) is 16.8. The molecule has 2 rings (SSSR count). The number of carbonyl (C=O) groups is 2. The highest BCUT2D eigenvalue weighted by atomic mass is 19.1. The van der Waals surface area contributed by atoms with Crippen LogP contribution in [0.2, 0.25) is 0 Å². The standard InChI is InChI=1S/C17H13FN2O3/c18-14-7-5-11(6-8-14)16(21)20-15(17(22)23)9-12-3-1-2-4-13(12)10-19/h1-8,15H,9H2,(H,20,21)(H,22,23)/t15-/m1/s1. The Morgan fingerprint density at radius 1 is 1.17 bits per heavy atom. The van der Waals surface area contributed by atoms with Gasteiger partial charge in [-0.05, 0) is 35.9 Å². The van der Waals surface area contributed by atoms with Crippen molar-refractivity contribution in [2.24, 2.45) is 0 Å². The maximum Gasteiger partial charge on any atom is 0.326 e. The van der Waals surface area contributed by atoms with Crippen molar-refractivity contribution in [3.05, 3.63) is 71.0 Å². The lowest BCUT2D eigenvalue weighted by atomic mass is 10.0. The van der Waals surface area contributed by atoms with Gasteiger partial charge in [0.1, 0.15) is 11.9 Å². The second kappa shape index (κ2) is 7.18. The molecule has 1 atom stereocenters. The van der Waals surface area contributed by atoms with E-state index >= 15 is 0 Å². The molecule has 5 nitrogen and oxygen atoms in total. The Kier molecular flexibility index (Phi) is 5.05. The fourth-order valence-corrected chi connectivity index (χ4v) is 2.07. The van der Waals surface area contributed by atoms with Crippen LogP contribution in [0.25, 0.3) is 0 Å². The molecule has 0 spiro atoms. The molecule has 0 aliphatic carbocycles. The van der Waals surface area contributed by atoms with Crippen LogP contribution in [0.5, 0.6) is 0 Å². The van der Waals surface area contributed by atoms with Gasteiger partial charge in [0.15, 0.2) is 0 Å². The van der Waals surface area contributed by atoms with Gasteiger partial charge >= 0.3 is 5.97 Å². The number of hydrogen-bond donors (Lipinski definition) is 2. The zero-order valence-corrected chi connectivity index (χ0v) is 12.0. The van der Waals surface area contributed by atoms with Gasteiger partial charge in [0.2, 0.25) is 0 Å². The summed E-state index contributed by atoms with van der Waals surface area (Å²) in [5.74, 6) is -2.32. The summed E-state index contributed by atoms with van der Waals surface area (Å²) in [7, 11) is 0. The minimum absolute atomic E-state index is 0.0218. The Balaban J connectivity index is 2.16. The van der Waals surface area contributed by atoms with Crippen LogP contribution in [0.3, 0.4) is 0 Å². The van der Waals surface area contributed by atoms with Crippen LogP contribution in [0.15, 0.2) is 48.5 Å². The molecule has 23 heavy (non-hydrogen) atoms. The molecule has 6 heteroatoms. The highest BCUT2D eigenvalue weighted by Crippen LogP contribution is 2.11. The lowest BCUT2D eigenvalue weighted by Gasteiger charge is -2.15. The van der Waals surface area contributed by atoms with Crippen LogP contribution >= 0.6 is 0 Å². The van der Waals surface area contributed by atoms with E-state index in [1.165, 1.54) is 12.1 Å². The predicted molar refractivity (Wildman–Crippen MR) is 80.2 cm³/mol. The highest BCUT2D eigenvalue weighted by molar-refractivity contribution is 5.96. The SMILES string of the molecule is N#Cc1ccccc1C[C@@H](NC(=O)c1ccc(F)cc1)C(=O)O. The summed E-state index contributed by atoms with van der Waals surface area (Å²) in [6.45, 7) is 0. The number of hydrogen-bond acceptors (Lipinski definition) is 3. The van der Waals surface area contributed by atoms with Crippen molar-refractivity contribution in [1.29, 1.82) is 5.26 Å². The molecule has 2 aromatic carbocycles. The Morgan fingerprint density at radius 3 is 2.43 bits per heavy atom. The van der Waals surface area contributed by atoms with Gasteiger partial charge in [-0.15, -0.1) is 0 Å². The largest absolute Gasteiger partial charge is 0.480 e. The van der Waals surface area contributed by atoms with E-state index in [0.717, 1.165) is 12.1 Å². The molecular weight excluding hydrogens is 299 g/mol. The van der Waals surface area contributed by atoms with Crippen LogP contribution in [-0.2, 0) is 11.2 Å². The van der Waals surface area contributed by atoms with E-state index in [0.29, 0.717) is 11.1 Å². The molecule has 0 unspecified atom stereocenters. The maximum atomic E-state index is 12.9. The number of rotatable bonds is 5. The number of nitriles is 1. The molecule has 0 aliphatic heterocycles. The number of carboxylic acids is 1. The van der Waals surface area contributed by atoms with Gasteiger partial charge in [0, 0.05) is 12.0 Å². The molecule has 0 fully saturated rings. The van der Waals surface area contributed by atoms with E-state index in [1.807, 2.05) is 6.07 Å². The molecule has 0 heterocycles. The first kappa shape index (κ1) is 16.2. The average molecular weight is 312 g/mol. The fourth-order valence-electron chi connectivity index (χ4n) is 2.07. The van der Waals surface area contributed by atoms with Crippen molar-refractivity contribution in [2.75, 3.05) is 0 Å². The first-order chi connectivity index (χ1) is 11.0. The quantitative estimate of drug-likeness (QED) is 0.885. The minimum Gasteiger partial charge on any atom is -0.480 e. The van der Waals surface area contributed by atoms with Crippen molar-refractivity contribution < 1.29 is 19.1 Å². The van der Waals surface area contributed by atoms with E-state index < -0.39 is 23.7 Å². The van der Waals surface area contributed by atoms with Gasteiger partial charge in [0.25, 0.3) is 5.91 Å². The highest BCUT2D eigenvalue weighted by Gasteiger charge is 2.22. The lowest BCUT2D eigenvalue weighted by Crippen LogP contribution is -2.42. The monoisotopic (exact) mass is 312 g/mol. The molecular formula is C17H13FN2O3. The second-order valence-corrected chi connectivity index (χ2v) is 4.84. The number of nitrogens with one attached hydrogen (secondary N) is 1. The van der Waals surface area contributed by atoms with Gasteiger partial charge in [-0.1, -0.05) is 18.2 Å². The summed E-state index contributed by atoms with van der Waals surface area (Å²) in [5.41, 5.74) is 1.04. The molecule has 0 aromatic heterocycles. The number of nitrogens with zero attached hydrogens (tertiary/aromatic N) is 1. The smallest absolute Gasteiger partial charge is 0.326 e. The van der Waals surface area contributed by atoms with Gasteiger partial charge in [-0.25, -0.2) is 9.18 Å². The fraction of sp³-hybridized carbons (Fsp3) is 0.118. The Bertz CT molecular complexity index is 766. The molecule has 0 bridgehead atoms. The van der Waals surface area contributed by atoms with Crippen LogP contribution < -0.4 is 5.32 Å². The minimum atomic E-state index is -1.21. The molecule has 0 aliphatic rings. The molecule has 116 valence electrons. The van der Waals surface area contributed by atoms with Crippen molar-refractivity contribution in [1.82, 2.24) is 5.32 Å². The van der Waals surface area contributed by atoms with Gasteiger partial charge in [-0.2, -0.15) is 5.26 Å². The van der Waals surface area contributed by atoms with Crippen LogP contribution in [0.1, 0.15) is 21.5 Å². The number of carbonyl (C=O) groups excluding carboxylic acids is 1. The van der Waals surface area contributed by atoms with Crippen molar-refractivity contribution >= 4 is 11.9 Å². The molecule has 2 aromatic rings. The Morgan fingerprint density at radius 2 is 1.83 bits per heavy atom. The van der Waals surface area contributed by atoms with Crippen LogP contribution in [-0.4, -0.2) is 23.0 Å². The maximum absolute atomic E-state index is 12.9. The van der Waals surface area contributed by atoms with E-state index in [-0.39, 0.29) is 12.0 Å². The second-order valence-electron chi connectivity index (χ2n) is 4.84. The number of benzene rings is 2. The third kappa shape index (κ3) is 4.14. The summed E-state index contributed by atoms with van der Waals surface area (Å²) in [4.78, 5) is 23.4. The lowest BCUT2D eigenvalue weighted by molar-refractivity contribution is -0.139. The van der Waals surface area contributed by atoms with Crippen LogP contribution in [0.4, 0.5) is 4.39 Å². The van der Waals surface area contributed by atoms with Gasteiger partial charge in [0.05, 0.1) is 11.6 Å². The van der Waals surface area contributed by atoms with E-state index in [2.05, 4.69) is 5.32 Å². The third-order valence-electron chi connectivity index (χ3n) is 3.27. The average Bonchev–Trinajstić information content (AvgIpc) is 2.55. The van der Waals surface area contributed by atoms with Crippen molar-refractivity contribution in [3.8, 4) is 6.07 Å². The normalized spacial score (nSPS) is 11.3. The molecule has 0 saturated carbocycles. The summed E-state index contributed by atoms with van der Waals surface area (Å²) in [5, 5.41) is 20.7. The Hall–Kier alpha value is -3.20. The van der Waals surface area contributed by atoms with E-state index in [1.54, 1.807) is 24.3 Å². The first-order valence-corrected chi connectivity index (χ1v) is 6.78. The third-order valence-corrected chi connectivity index (χ3v) is 3.27. The molecule has 1 amide bonds. The summed E-state index contributed by atoms with van der Waals surface area (Å²) in [6, 6.07) is 12.2. The molecule has 0 saturated heterocycles. The topological polar surface area (TPSA) is 90.2 Å². The Labute approximate surface area is 132 Å². The predicted octanol–water partition coefficient (Wildman–Crippen LogP) is 2.12. The van der Waals surface area contributed by atoms with Crippen molar-refractivity contribution in [3.63, 3.8) is 0 Å². The van der Waals surface area contributed by atoms with Crippen molar-refractivity contribution in [2.45, 2.75) is 12.5 Å². The number of aliphatic carboxylic acids is 1. The summed E-state index contributed by atoms with van der Waals surface area (Å²) < 4.78 is 12.9. The molecule has 0 radical (unpaired) electrons. The van der Waals surface area contributed by atoms with E-state index in [9.17, 15) is 19.1 Å². The van der Waals surface area contributed by atoms with Gasteiger partial charge in [-0.3, -0.25) is 4.79 Å². The summed E-state index contributed by atoms with van der Waals surface area (Å²) in [6.07, 6.45) is -0.0218. The summed E-state index contributed by atoms with van der Waals surface area (Å²) >= 11 is 0. The van der Waals surface area contributed by atoms with E-state index in [4.69, 9.17) is 5.26 Å². The number of halogens is 1. The first-order valence-electron chi connectivity index (χ1n) is 6.78.